The highest BCUT2D eigenvalue weighted by Gasteiger charge is 2.18. The van der Waals surface area contributed by atoms with Crippen molar-refractivity contribution in [2.24, 2.45) is 0 Å². The number of hydrogen-bond donors (Lipinski definition) is 1. The molecule has 0 fully saturated rings. The molecule has 2 aromatic heterocycles. The summed E-state index contributed by atoms with van der Waals surface area (Å²) >= 11 is 0. The van der Waals surface area contributed by atoms with Gasteiger partial charge < -0.3 is 5.73 Å². The van der Waals surface area contributed by atoms with E-state index in [1.165, 1.54) is 17.1 Å². The van der Waals surface area contributed by atoms with Crippen molar-refractivity contribution in [3.05, 3.63) is 51.8 Å². The summed E-state index contributed by atoms with van der Waals surface area (Å²) in [5.74, 6) is -2.06. The molecule has 2 N–H and O–H groups in total. The molecule has 0 spiro atoms. The highest BCUT2D eigenvalue weighted by molar-refractivity contribution is 5.74. The molecule has 0 aliphatic heterocycles. The van der Waals surface area contributed by atoms with E-state index in [0.717, 1.165) is 0 Å². The molecule has 0 aliphatic rings. The van der Waals surface area contributed by atoms with Gasteiger partial charge in [-0.3, -0.25) is 10.1 Å². The topological polar surface area (TPSA) is 113 Å². The zero-order valence-electron chi connectivity index (χ0n) is 10.9. The van der Waals surface area contributed by atoms with Crippen molar-refractivity contribution in [1.29, 1.82) is 0 Å². The average Bonchev–Trinajstić information content (AvgIpc) is 2.84. The highest BCUT2D eigenvalue weighted by Crippen LogP contribution is 2.22. The summed E-state index contributed by atoms with van der Waals surface area (Å²) in [6.07, 6.45) is 2.86. The summed E-state index contributed by atoms with van der Waals surface area (Å²) < 4.78 is 29.0. The van der Waals surface area contributed by atoms with Gasteiger partial charge in [0, 0.05) is 11.8 Å². The minimum Gasteiger partial charge on any atom is -0.368 e. The van der Waals surface area contributed by atoms with Crippen molar-refractivity contribution in [2.45, 2.75) is 6.54 Å². The lowest BCUT2D eigenvalue weighted by Crippen LogP contribution is -2.08. The summed E-state index contributed by atoms with van der Waals surface area (Å²) in [5, 5.41) is 15.1. The third-order valence-corrected chi connectivity index (χ3v) is 3.04. The van der Waals surface area contributed by atoms with Crippen molar-refractivity contribution >= 4 is 22.7 Å². The lowest BCUT2D eigenvalue weighted by Gasteiger charge is -2.06. The van der Waals surface area contributed by atoms with E-state index in [4.69, 9.17) is 5.73 Å². The molecule has 0 saturated heterocycles. The molecule has 2 heterocycles. The van der Waals surface area contributed by atoms with Gasteiger partial charge in [0.05, 0.1) is 35.2 Å². The Morgan fingerprint density at radius 1 is 1.27 bits per heavy atom. The Kier molecular flexibility index (Phi) is 3.13. The molecule has 3 aromatic rings. The number of anilines is 1. The summed E-state index contributed by atoms with van der Waals surface area (Å²) in [5.41, 5.74) is 4.77. The van der Waals surface area contributed by atoms with Crippen LogP contribution in [0.4, 0.5) is 20.4 Å². The summed E-state index contributed by atoms with van der Waals surface area (Å²) in [6, 6.07) is 1.32. The van der Waals surface area contributed by atoms with E-state index in [2.05, 4.69) is 15.1 Å². The first-order valence-electron chi connectivity index (χ1n) is 6.02. The Balaban J connectivity index is 2.05. The number of aromatic nitrogens is 4. The second-order valence-electron chi connectivity index (χ2n) is 4.45. The Hall–Kier alpha value is -3.17. The fourth-order valence-electron chi connectivity index (χ4n) is 1.99. The minimum absolute atomic E-state index is 0.00102. The molecule has 112 valence electrons. The number of halogens is 2. The van der Waals surface area contributed by atoms with Crippen molar-refractivity contribution in [3.8, 4) is 0 Å². The molecule has 0 unspecified atom stereocenters. The third-order valence-electron chi connectivity index (χ3n) is 3.04. The summed E-state index contributed by atoms with van der Waals surface area (Å²) in [7, 11) is 0. The molecule has 0 radical (unpaired) electrons. The lowest BCUT2D eigenvalue weighted by atomic mass is 10.1. The monoisotopic (exact) mass is 306 g/mol. The van der Waals surface area contributed by atoms with Gasteiger partial charge in [-0.05, 0) is 0 Å². The van der Waals surface area contributed by atoms with Gasteiger partial charge >= 0.3 is 0 Å². The number of nitro benzene ring substituents is 1. The van der Waals surface area contributed by atoms with Crippen molar-refractivity contribution < 1.29 is 13.7 Å². The van der Waals surface area contributed by atoms with Gasteiger partial charge in [0.2, 0.25) is 5.95 Å². The van der Waals surface area contributed by atoms with Gasteiger partial charge in [-0.25, -0.2) is 18.4 Å². The predicted molar refractivity (Wildman–Crippen MR) is 71.8 cm³/mol. The maximum atomic E-state index is 13.9. The second kappa shape index (κ2) is 4.98. The predicted octanol–water partition coefficient (Wildman–Crippen LogP) is 1.64. The molecule has 0 bridgehead atoms. The molecule has 0 saturated carbocycles. The number of nitro groups is 1. The van der Waals surface area contributed by atoms with Crippen molar-refractivity contribution in [1.82, 2.24) is 19.7 Å². The van der Waals surface area contributed by atoms with Gasteiger partial charge in [0.1, 0.15) is 11.6 Å². The highest BCUT2D eigenvalue weighted by atomic mass is 19.1. The normalized spacial score (nSPS) is 11.0. The first-order valence-corrected chi connectivity index (χ1v) is 6.02. The van der Waals surface area contributed by atoms with E-state index >= 15 is 0 Å². The molecular formula is C12H8F2N6O2. The molecule has 0 aliphatic carbocycles. The van der Waals surface area contributed by atoms with Gasteiger partial charge in [-0.1, -0.05) is 0 Å². The SMILES string of the molecule is Nc1ncc2cnn(Cc3c(F)cc([N+](=O)[O-])cc3F)c2n1. The second-order valence-corrected chi connectivity index (χ2v) is 4.45. The maximum absolute atomic E-state index is 13.9. The summed E-state index contributed by atoms with van der Waals surface area (Å²) in [6.45, 7) is -0.282. The van der Waals surface area contributed by atoms with E-state index < -0.39 is 22.2 Å². The van der Waals surface area contributed by atoms with Crippen LogP contribution in [0.25, 0.3) is 11.0 Å². The molecule has 10 heteroatoms. The zero-order valence-corrected chi connectivity index (χ0v) is 10.9. The molecule has 22 heavy (non-hydrogen) atoms. The van der Waals surface area contributed by atoms with Gasteiger partial charge in [-0.15, -0.1) is 0 Å². The van der Waals surface area contributed by atoms with Crippen LogP contribution in [0.3, 0.4) is 0 Å². The third kappa shape index (κ3) is 2.30. The number of rotatable bonds is 3. The van der Waals surface area contributed by atoms with Crippen LogP contribution in [0.15, 0.2) is 24.5 Å². The van der Waals surface area contributed by atoms with Crippen LogP contribution in [-0.4, -0.2) is 24.7 Å². The van der Waals surface area contributed by atoms with E-state index in [1.807, 2.05) is 0 Å². The molecule has 3 rings (SSSR count). The van der Waals surface area contributed by atoms with E-state index in [9.17, 15) is 18.9 Å². The Morgan fingerprint density at radius 2 is 1.95 bits per heavy atom. The van der Waals surface area contributed by atoms with Gasteiger partial charge in [0.25, 0.3) is 5.69 Å². The summed E-state index contributed by atoms with van der Waals surface area (Å²) in [4.78, 5) is 17.4. The van der Waals surface area contributed by atoms with Gasteiger partial charge in [-0.2, -0.15) is 10.1 Å². The first kappa shape index (κ1) is 13.8. The quantitative estimate of drug-likeness (QED) is 0.581. The van der Waals surface area contributed by atoms with Crippen LogP contribution < -0.4 is 5.73 Å². The maximum Gasteiger partial charge on any atom is 0.275 e. The molecule has 0 atom stereocenters. The molecule has 0 amide bonds. The molecule has 8 nitrogen and oxygen atoms in total. The number of nitrogens with two attached hydrogens (primary N) is 1. The Bertz CT molecular complexity index is 871. The van der Waals surface area contributed by atoms with E-state index in [1.54, 1.807) is 0 Å². The van der Waals surface area contributed by atoms with Crippen LogP contribution >= 0.6 is 0 Å². The van der Waals surface area contributed by atoms with E-state index in [-0.39, 0.29) is 18.1 Å². The first-order chi connectivity index (χ1) is 10.5. The number of fused-ring (bicyclic) bond motifs is 1. The van der Waals surface area contributed by atoms with Crippen LogP contribution in [0.1, 0.15) is 5.56 Å². The van der Waals surface area contributed by atoms with Crippen LogP contribution in [0.2, 0.25) is 0 Å². The van der Waals surface area contributed by atoms with Crippen LogP contribution in [-0.2, 0) is 6.54 Å². The van der Waals surface area contributed by atoms with Crippen molar-refractivity contribution in [2.75, 3.05) is 5.73 Å². The molecular weight excluding hydrogens is 298 g/mol. The zero-order chi connectivity index (χ0) is 15.9. The smallest absolute Gasteiger partial charge is 0.275 e. The number of nitrogens with zero attached hydrogens (tertiary/aromatic N) is 5. The number of benzene rings is 1. The minimum atomic E-state index is -1.03. The number of hydrogen-bond acceptors (Lipinski definition) is 6. The fraction of sp³-hybridized carbons (Fsp3) is 0.0833. The van der Waals surface area contributed by atoms with Crippen molar-refractivity contribution in [3.63, 3.8) is 0 Å². The largest absolute Gasteiger partial charge is 0.368 e. The Labute approximate surface area is 121 Å². The van der Waals surface area contributed by atoms with Crippen LogP contribution in [0.5, 0.6) is 0 Å². The van der Waals surface area contributed by atoms with Crippen LogP contribution in [0, 0.1) is 21.7 Å². The average molecular weight is 306 g/mol. The standard InChI is InChI=1S/C12H8F2N6O2/c13-9-1-7(20(21)22)2-10(14)8(9)5-19-11-6(4-17-19)3-16-12(15)18-11/h1-4H,5H2,(H2,15,16,18). The number of non-ortho nitro benzene ring substituents is 1. The van der Waals surface area contributed by atoms with E-state index in [0.29, 0.717) is 23.2 Å². The fourth-order valence-corrected chi connectivity index (χ4v) is 1.99. The number of nitrogen functional groups attached to an aromatic ring is 1. The molecule has 1 aromatic carbocycles. The Morgan fingerprint density at radius 3 is 2.59 bits per heavy atom. The lowest BCUT2D eigenvalue weighted by molar-refractivity contribution is -0.385. The van der Waals surface area contributed by atoms with Gasteiger partial charge in [0.15, 0.2) is 5.65 Å².